The summed E-state index contributed by atoms with van der Waals surface area (Å²) in [4.78, 5) is 7.44. The van der Waals surface area contributed by atoms with E-state index < -0.39 is 0 Å². The molecule has 0 fully saturated rings. The van der Waals surface area contributed by atoms with Gasteiger partial charge in [-0.3, -0.25) is 0 Å². The molecule has 0 spiro atoms. The van der Waals surface area contributed by atoms with Crippen LogP contribution in [-0.2, 0) is 19.5 Å². The van der Waals surface area contributed by atoms with Gasteiger partial charge in [0.05, 0.1) is 0 Å². The zero-order valence-electron chi connectivity index (χ0n) is 6.87. The first-order valence-corrected chi connectivity index (χ1v) is 3.03. The molecule has 0 atom stereocenters. The van der Waals surface area contributed by atoms with Crippen LogP contribution in [0.15, 0.2) is 49.1 Å². The van der Waals surface area contributed by atoms with E-state index >= 15 is 0 Å². The van der Waals surface area contributed by atoms with Crippen molar-refractivity contribution >= 4 is 0 Å². The number of hydrogen-bond donors (Lipinski definition) is 0. The first-order valence-electron chi connectivity index (χ1n) is 3.03. The fraction of sp³-hybridized carbons (Fsp3) is 0. The van der Waals surface area contributed by atoms with Crippen molar-refractivity contribution in [1.29, 1.82) is 0 Å². The number of hydrogen-bond acceptors (Lipinski definition) is 0. The molecule has 0 unspecified atom stereocenters. The summed E-state index contributed by atoms with van der Waals surface area (Å²) in [5.41, 5.74) is 0. The van der Waals surface area contributed by atoms with E-state index in [-0.39, 0.29) is 26.9 Å². The Kier molecular flexibility index (Phi) is 11.7. The molecule has 0 saturated heterocycles. The smallest absolute Gasteiger partial charge is 0.670 e. The van der Waals surface area contributed by atoms with Crippen LogP contribution in [-0.4, -0.2) is 0 Å². The molecular weight excluding hydrogens is 237 g/mol. The van der Waals surface area contributed by atoms with Gasteiger partial charge in [-0.2, -0.15) is 24.8 Å². The second-order valence-electron chi connectivity index (χ2n) is 1.66. The van der Waals surface area contributed by atoms with Gasteiger partial charge in [0.25, 0.3) is 0 Å². The molecule has 3 heteroatoms. The maximum absolute atomic E-state index is 3.72. The molecule has 2 rings (SSSR count). The van der Waals surface area contributed by atoms with Crippen LogP contribution in [0.3, 0.4) is 0 Å². The average Bonchev–Trinajstić information content (AvgIpc) is 2.67. The van der Waals surface area contributed by atoms with Crippen molar-refractivity contribution in [3.8, 4) is 0 Å². The van der Waals surface area contributed by atoms with E-state index in [9.17, 15) is 0 Å². The van der Waals surface area contributed by atoms with Crippen molar-refractivity contribution in [1.82, 2.24) is 9.97 Å². The predicted molar refractivity (Wildman–Crippen MR) is 45.9 cm³/mol. The Morgan fingerprint density at radius 3 is 0.917 bits per heavy atom. The van der Waals surface area contributed by atoms with Gasteiger partial charge >= 0.3 is 19.5 Å². The number of nitrogens with zero attached hydrogens (tertiary/aromatic N) is 2. The topological polar surface area (TPSA) is 28.2 Å². The molecule has 0 aliphatic carbocycles. The Labute approximate surface area is 86.2 Å². The van der Waals surface area contributed by atoms with Crippen LogP contribution < -0.4 is 9.97 Å². The van der Waals surface area contributed by atoms with Gasteiger partial charge in [-0.05, 0) is 0 Å². The minimum Gasteiger partial charge on any atom is -0.670 e. The first kappa shape index (κ1) is 13.8. The Bertz CT molecular complexity index is 152. The van der Waals surface area contributed by atoms with E-state index in [1.165, 1.54) is 0 Å². The van der Waals surface area contributed by atoms with Gasteiger partial charge in [-0.15, -0.1) is 0 Å². The largest absolute Gasteiger partial charge is 3.00 e. The Hall–Kier alpha value is -0.817. The third-order valence-corrected chi connectivity index (χ3v) is 0.911. The van der Waals surface area contributed by atoms with Gasteiger partial charge in [0, 0.05) is 0 Å². The van der Waals surface area contributed by atoms with Gasteiger partial charge in [-0.1, -0.05) is 24.3 Å². The SMILES string of the molecule is [CH3-].[Ru+3].c1cc[n-]c1.c1cc[n-]c1. The van der Waals surface area contributed by atoms with Crippen LogP contribution in [0.25, 0.3) is 0 Å². The van der Waals surface area contributed by atoms with E-state index in [0.717, 1.165) is 0 Å². The molecule has 65 valence electrons. The van der Waals surface area contributed by atoms with Crippen molar-refractivity contribution in [2.45, 2.75) is 0 Å². The summed E-state index contributed by atoms with van der Waals surface area (Å²) in [5.74, 6) is 0. The van der Waals surface area contributed by atoms with Crippen molar-refractivity contribution in [3.63, 3.8) is 0 Å². The summed E-state index contributed by atoms with van der Waals surface area (Å²) in [6.07, 6.45) is 7.00. The average molecular weight is 248 g/mol. The van der Waals surface area contributed by atoms with Crippen molar-refractivity contribution in [2.75, 3.05) is 0 Å². The Morgan fingerprint density at radius 2 is 0.833 bits per heavy atom. The maximum atomic E-state index is 3.72. The summed E-state index contributed by atoms with van der Waals surface area (Å²) in [6, 6.07) is 7.56. The van der Waals surface area contributed by atoms with E-state index in [0.29, 0.717) is 0 Å². The molecule has 0 aliphatic rings. The summed E-state index contributed by atoms with van der Waals surface area (Å²) >= 11 is 0. The van der Waals surface area contributed by atoms with E-state index in [1.54, 1.807) is 24.8 Å². The minimum absolute atomic E-state index is 0. The van der Waals surface area contributed by atoms with Gasteiger partial charge in [0.15, 0.2) is 0 Å². The van der Waals surface area contributed by atoms with Crippen LogP contribution in [0.5, 0.6) is 0 Å². The second-order valence-corrected chi connectivity index (χ2v) is 1.66. The monoisotopic (exact) mass is 249 g/mol. The second kappa shape index (κ2) is 10.2. The molecule has 2 nitrogen and oxygen atoms in total. The number of aromatic nitrogens is 2. The van der Waals surface area contributed by atoms with Crippen LogP contribution in [0.1, 0.15) is 0 Å². The molecule has 0 aromatic carbocycles. The Morgan fingerprint density at radius 1 is 0.583 bits per heavy atom. The molecule has 2 aromatic heterocycles. The quantitative estimate of drug-likeness (QED) is 0.524. The molecule has 1 radical (unpaired) electrons. The van der Waals surface area contributed by atoms with E-state index in [1.807, 2.05) is 24.3 Å². The number of rotatable bonds is 0. The van der Waals surface area contributed by atoms with E-state index in [4.69, 9.17) is 0 Å². The van der Waals surface area contributed by atoms with Gasteiger partial charge < -0.3 is 17.4 Å². The van der Waals surface area contributed by atoms with Crippen LogP contribution in [0.4, 0.5) is 0 Å². The van der Waals surface area contributed by atoms with Gasteiger partial charge in [-0.25, -0.2) is 0 Å². The van der Waals surface area contributed by atoms with Gasteiger partial charge in [0.2, 0.25) is 0 Å². The molecular formula is C9H11N2Ru. The molecule has 12 heavy (non-hydrogen) atoms. The predicted octanol–water partition coefficient (Wildman–Crippen LogP) is 1.74. The third kappa shape index (κ3) is 7.29. The Balaban J connectivity index is 0. The molecule has 0 saturated carbocycles. The minimum atomic E-state index is 0. The summed E-state index contributed by atoms with van der Waals surface area (Å²) < 4.78 is 0. The summed E-state index contributed by atoms with van der Waals surface area (Å²) in [6.45, 7) is 0. The van der Waals surface area contributed by atoms with Crippen molar-refractivity contribution in [2.24, 2.45) is 0 Å². The first-order chi connectivity index (χ1) is 5.00. The molecule has 0 aliphatic heterocycles. The fourth-order valence-electron chi connectivity index (χ4n) is 0.497. The van der Waals surface area contributed by atoms with Crippen LogP contribution in [0.2, 0.25) is 0 Å². The van der Waals surface area contributed by atoms with Crippen LogP contribution in [0, 0.1) is 7.43 Å². The summed E-state index contributed by atoms with van der Waals surface area (Å²) in [5, 5.41) is 0. The zero-order valence-corrected chi connectivity index (χ0v) is 8.60. The molecule has 2 aromatic rings. The van der Waals surface area contributed by atoms with Crippen LogP contribution >= 0.6 is 0 Å². The van der Waals surface area contributed by atoms with Crippen molar-refractivity contribution < 1.29 is 19.5 Å². The van der Waals surface area contributed by atoms with Crippen molar-refractivity contribution in [3.05, 3.63) is 56.5 Å². The molecule has 0 bridgehead atoms. The zero-order chi connectivity index (χ0) is 7.07. The molecule has 0 N–H and O–H groups in total. The fourth-order valence-corrected chi connectivity index (χ4v) is 0.497. The summed E-state index contributed by atoms with van der Waals surface area (Å²) in [7, 11) is 0. The van der Waals surface area contributed by atoms with E-state index in [2.05, 4.69) is 9.97 Å². The third-order valence-electron chi connectivity index (χ3n) is 0.911. The molecule has 2 heterocycles. The maximum Gasteiger partial charge on any atom is 3.00 e. The normalized spacial score (nSPS) is 6.67. The van der Waals surface area contributed by atoms with Gasteiger partial charge in [0.1, 0.15) is 0 Å². The molecule has 0 amide bonds. The standard InChI is InChI=1S/2C4H4N.CH3.Ru/c2*1-2-4-5-3-1;;/h2*1-4H;1H3;/q3*-1;+3.